The number of hydrogen-bond acceptors (Lipinski definition) is 4. The molecule has 0 aromatic carbocycles. The maximum atomic E-state index is 12.3. The summed E-state index contributed by atoms with van der Waals surface area (Å²) >= 11 is 0. The quantitative estimate of drug-likeness (QED) is 0.893. The van der Waals surface area contributed by atoms with Gasteiger partial charge in [0.05, 0.1) is 12.2 Å². The van der Waals surface area contributed by atoms with Crippen molar-refractivity contribution in [3.8, 4) is 0 Å². The molecule has 0 saturated heterocycles. The van der Waals surface area contributed by atoms with E-state index in [1.807, 2.05) is 31.5 Å². The van der Waals surface area contributed by atoms with Crippen LogP contribution in [0, 0.1) is 5.92 Å². The van der Waals surface area contributed by atoms with E-state index >= 15 is 0 Å². The number of rotatable bonds is 2. The zero-order valence-electron chi connectivity index (χ0n) is 12.5. The predicted molar refractivity (Wildman–Crippen MR) is 76.0 cm³/mol. The monoisotopic (exact) mass is 280 g/mol. The lowest BCUT2D eigenvalue weighted by atomic mass is 10.1. The number of carbonyl (C=O) groups is 1. The molecule has 1 aromatic heterocycles. The number of aromatic nitrogens is 2. The lowest BCUT2D eigenvalue weighted by Crippen LogP contribution is -2.38. The average molecular weight is 280 g/mol. The van der Waals surface area contributed by atoms with Gasteiger partial charge < -0.3 is 15.4 Å². The Hall–Kier alpha value is -1.56. The van der Waals surface area contributed by atoms with Crippen LogP contribution in [0.25, 0.3) is 0 Å². The second-order valence-electron chi connectivity index (χ2n) is 6.31. The summed E-state index contributed by atoms with van der Waals surface area (Å²) in [6, 6.07) is 1.95. The van der Waals surface area contributed by atoms with Crippen molar-refractivity contribution in [3.63, 3.8) is 0 Å². The maximum Gasteiger partial charge on any atom is 0.410 e. The van der Waals surface area contributed by atoms with Crippen LogP contribution in [0.3, 0.4) is 0 Å². The number of amides is 1. The lowest BCUT2D eigenvalue weighted by molar-refractivity contribution is 0.0208. The van der Waals surface area contributed by atoms with Crippen molar-refractivity contribution in [1.82, 2.24) is 14.7 Å². The molecule has 1 unspecified atom stereocenters. The third kappa shape index (κ3) is 3.72. The molecule has 1 atom stereocenters. The SMILES string of the molecule is CC(C)(C)OC(=O)N1Cc2ccnn2CC(CCN)C1. The minimum absolute atomic E-state index is 0.269. The zero-order valence-corrected chi connectivity index (χ0v) is 12.5. The Bertz CT molecular complexity index is 464. The predicted octanol–water partition coefficient (Wildman–Crippen LogP) is 1.60. The number of nitrogens with two attached hydrogens (primary N) is 1. The minimum Gasteiger partial charge on any atom is -0.444 e. The van der Waals surface area contributed by atoms with E-state index in [1.165, 1.54) is 0 Å². The van der Waals surface area contributed by atoms with Gasteiger partial charge in [0, 0.05) is 19.3 Å². The second-order valence-corrected chi connectivity index (χ2v) is 6.31. The molecule has 20 heavy (non-hydrogen) atoms. The van der Waals surface area contributed by atoms with Gasteiger partial charge in [0.1, 0.15) is 5.60 Å². The molecule has 2 heterocycles. The van der Waals surface area contributed by atoms with Gasteiger partial charge in [-0.3, -0.25) is 4.68 Å². The molecule has 0 spiro atoms. The van der Waals surface area contributed by atoms with Gasteiger partial charge in [0.2, 0.25) is 0 Å². The highest BCUT2D eigenvalue weighted by molar-refractivity contribution is 5.68. The molecule has 6 heteroatoms. The van der Waals surface area contributed by atoms with Crippen LogP contribution in [0.4, 0.5) is 4.79 Å². The van der Waals surface area contributed by atoms with Gasteiger partial charge in [-0.1, -0.05) is 0 Å². The first-order valence-corrected chi connectivity index (χ1v) is 7.08. The molecule has 2 N–H and O–H groups in total. The van der Waals surface area contributed by atoms with Crippen molar-refractivity contribution in [2.75, 3.05) is 13.1 Å². The van der Waals surface area contributed by atoms with Gasteiger partial charge in [0.25, 0.3) is 0 Å². The van der Waals surface area contributed by atoms with Crippen LogP contribution >= 0.6 is 0 Å². The van der Waals surface area contributed by atoms with Gasteiger partial charge in [-0.2, -0.15) is 5.10 Å². The first kappa shape index (κ1) is 14.8. The van der Waals surface area contributed by atoms with Crippen molar-refractivity contribution in [2.24, 2.45) is 11.7 Å². The topological polar surface area (TPSA) is 73.4 Å². The van der Waals surface area contributed by atoms with Crippen LogP contribution in [-0.4, -0.2) is 39.5 Å². The van der Waals surface area contributed by atoms with Gasteiger partial charge in [0.15, 0.2) is 0 Å². The number of fused-ring (bicyclic) bond motifs is 1. The van der Waals surface area contributed by atoms with E-state index in [0.29, 0.717) is 25.6 Å². The Morgan fingerprint density at radius 3 is 2.90 bits per heavy atom. The van der Waals surface area contributed by atoms with Crippen molar-refractivity contribution in [1.29, 1.82) is 0 Å². The average Bonchev–Trinajstić information content (AvgIpc) is 2.66. The van der Waals surface area contributed by atoms with E-state index in [-0.39, 0.29) is 6.09 Å². The highest BCUT2D eigenvalue weighted by Crippen LogP contribution is 2.20. The molecule has 1 aliphatic heterocycles. The lowest BCUT2D eigenvalue weighted by Gasteiger charge is -2.28. The molecule has 1 aliphatic rings. The molecular formula is C14H24N4O2. The summed E-state index contributed by atoms with van der Waals surface area (Å²) in [6.45, 7) is 8.26. The zero-order chi connectivity index (χ0) is 14.8. The molecule has 0 bridgehead atoms. The van der Waals surface area contributed by atoms with Crippen LogP contribution in [0.2, 0.25) is 0 Å². The Balaban J connectivity index is 2.14. The van der Waals surface area contributed by atoms with Gasteiger partial charge >= 0.3 is 6.09 Å². The van der Waals surface area contributed by atoms with Crippen molar-refractivity contribution in [2.45, 2.75) is 45.9 Å². The number of nitrogens with zero attached hydrogens (tertiary/aromatic N) is 3. The van der Waals surface area contributed by atoms with E-state index < -0.39 is 5.60 Å². The third-order valence-electron chi connectivity index (χ3n) is 3.29. The van der Waals surface area contributed by atoms with E-state index in [0.717, 1.165) is 18.7 Å². The van der Waals surface area contributed by atoms with Gasteiger partial charge in [-0.05, 0) is 45.7 Å². The normalized spacial score (nSPS) is 19.4. The van der Waals surface area contributed by atoms with E-state index in [9.17, 15) is 4.79 Å². The van der Waals surface area contributed by atoms with E-state index in [4.69, 9.17) is 10.5 Å². The standard InChI is InChI=1S/C14H24N4O2/c1-14(2,3)20-13(19)17-8-11(4-6-15)9-18-12(10-17)5-7-16-18/h5,7,11H,4,6,8-10,15H2,1-3H3. The Morgan fingerprint density at radius 1 is 1.50 bits per heavy atom. The van der Waals surface area contributed by atoms with Crippen LogP contribution in [0.5, 0.6) is 0 Å². The van der Waals surface area contributed by atoms with Crippen LogP contribution < -0.4 is 5.73 Å². The summed E-state index contributed by atoms with van der Waals surface area (Å²) in [4.78, 5) is 14.0. The fourth-order valence-corrected chi connectivity index (χ4v) is 2.42. The number of carbonyl (C=O) groups excluding carboxylic acids is 1. The molecule has 0 aliphatic carbocycles. The molecule has 1 amide bonds. The van der Waals surface area contributed by atoms with Crippen LogP contribution in [0.1, 0.15) is 32.9 Å². The fraction of sp³-hybridized carbons (Fsp3) is 0.714. The molecule has 6 nitrogen and oxygen atoms in total. The highest BCUT2D eigenvalue weighted by atomic mass is 16.6. The third-order valence-corrected chi connectivity index (χ3v) is 3.29. The Morgan fingerprint density at radius 2 is 2.25 bits per heavy atom. The summed E-state index contributed by atoms with van der Waals surface area (Å²) in [5.41, 5.74) is 6.22. The second kappa shape index (κ2) is 5.83. The highest BCUT2D eigenvalue weighted by Gasteiger charge is 2.28. The number of hydrogen-bond donors (Lipinski definition) is 1. The summed E-state index contributed by atoms with van der Waals surface area (Å²) in [6.07, 6.45) is 2.38. The van der Waals surface area contributed by atoms with Crippen molar-refractivity contribution in [3.05, 3.63) is 18.0 Å². The molecule has 0 fully saturated rings. The van der Waals surface area contributed by atoms with Gasteiger partial charge in [-0.15, -0.1) is 0 Å². The largest absolute Gasteiger partial charge is 0.444 e. The summed E-state index contributed by atoms with van der Waals surface area (Å²) in [5, 5.41) is 4.31. The number of ether oxygens (including phenoxy) is 1. The van der Waals surface area contributed by atoms with E-state index in [1.54, 1.807) is 11.1 Å². The van der Waals surface area contributed by atoms with Crippen molar-refractivity contribution < 1.29 is 9.53 Å². The molecule has 1 aromatic rings. The minimum atomic E-state index is -0.479. The van der Waals surface area contributed by atoms with Crippen LogP contribution in [-0.2, 0) is 17.8 Å². The molecule has 0 radical (unpaired) electrons. The maximum absolute atomic E-state index is 12.3. The molecular weight excluding hydrogens is 256 g/mol. The first-order valence-electron chi connectivity index (χ1n) is 7.08. The Labute approximate surface area is 119 Å². The van der Waals surface area contributed by atoms with E-state index in [2.05, 4.69) is 5.10 Å². The summed E-state index contributed by atoms with van der Waals surface area (Å²) in [5.74, 6) is 0.314. The van der Waals surface area contributed by atoms with Crippen molar-refractivity contribution >= 4 is 6.09 Å². The van der Waals surface area contributed by atoms with Gasteiger partial charge in [-0.25, -0.2) is 4.79 Å². The Kier molecular flexibility index (Phi) is 4.32. The molecule has 0 saturated carbocycles. The molecule has 112 valence electrons. The summed E-state index contributed by atoms with van der Waals surface area (Å²) < 4.78 is 7.44. The smallest absolute Gasteiger partial charge is 0.410 e. The molecule has 2 rings (SSSR count). The fourth-order valence-electron chi connectivity index (χ4n) is 2.42. The summed E-state index contributed by atoms with van der Waals surface area (Å²) in [7, 11) is 0. The van der Waals surface area contributed by atoms with Crippen LogP contribution in [0.15, 0.2) is 12.3 Å². The first-order chi connectivity index (χ1) is 9.39.